The van der Waals surface area contributed by atoms with E-state index in [-0.39, 0.29) is 12.1 Å². The Hall–Kier alpha value is -4.88. The number of hydrogen-bond donors (Lipinski definition) is 3. The standard InChI is InChI=1S/C15H20N2O6.C15H22N2O4/c1-15(2,3)23-14(19)16-12(13(18)22-4)9-10-5-7-11(8-6-10)17(20)21;1-15(2,3)21-14(19)17-12(13(18)20-4)9-10-5-7-11(16)8-6-10/h5-8,12H,9H2,1-4H3,(H,16,19);5-8,12H,9,16H2,1-4H3,(H,17,19). The predicted molar refractivity (Wildman–Crippen MR) is 162 cm³/mol. The number of nitrogen functional groups attached to an aromatic ring is 1. The van der Waals surface area contributed by atoms with Gasteiger partial charge in [-0.3, -0.25) is 10.1 Å². The number of anilines is 1. The van der Waals surface area contributed by atoms with E-state index in [1.165, 1.54) is 38.5 Å². The number of hydrogen-bond acceptors (Lipinski definition) is 11. The van der Waals surface area contributed by atoms with Gasteiger partial charge in [-0.05, 0) is 64.8 Å². The van der Waals surface area contributed by atoms with Crippen LogP contribution in [-0.2, 0) is 41.4 Å². The summed E-state index contributed by atoms with van der Waals surface area (Å²) < 4.78 is 19.6. The van der Waals surface area contributed by atoms with Crippen LogP contribution in [0.1, 0.15) is 52.7 Å². The summed E-state index contributed by atoms with van der Waals surface area (Å²) in [6.45, 7) is 10.4. The first-order valence-electron chi connectivity index (χ1n) is 13.6. The van der Waals surface area contributed by atoms with E-state index in [0.29, 0.717) is 17.7 Å². The van der Waals surface area contributed by atoms with Crippen molar-refractivity contribution in [2.24, 2.45) is 0 Å². The molecule has 0 radical (unpaired) electrons. The van der Waals surface area contributed by atoms with E-state index in [2.05, 4.69) is 15.4 Å². The van der Waals surface area contributed by atoms with Gasteiger partial charge in [-0.1, -0.05) is 24.3 Å². The van der Waals surface area contributed by atoms with E-state index in [0.717, 1.165) is 5.56 Å². The second-order valence-corrected chi connectivity index (χ2v) is 11.5. The Labute approximate surface area is 256 Å². The van der Waals surface area contributed by atoms with Crippen LogP contribution in [0.25, 0.3) is 0 Å². The van der Waals surface area contributed by atoms with Gasteiger partial charge in [0, 0.05) is 30.7 Å². The molecule has 0 aliphatic carbocycles. The topological polar surface area (TPSA) is 198 Å². The van der Waals surface area contributed by atoms with Crippen LogP contribution < -0.4 is 16.4 Å². The van der Waals surface area contributed by atoms with Crippen molar-refractivity contribution in [3.8, 4) is 0 Å². The summed E-state index contributed by atoms with van der Waals surface area (Å²) in [7, 11) is 2.48. The summed E-state index contributed by atoms with van der Waals surface area (Å²) >= 11 is 0. The number of non-ortho nitro benzene ring substituents is 1. The largest absolute Gasteiger partial charge is 0.467 e. The smallest absolute Gasteiger partial charge is 0.408 e. The zero-order valence-electron chi connectivity index (χ0n) is 26.3. The van der Waals surface area contributed by atoms with Gasteiger partial charge in [-0.25, -0.2) is 19.2 Å². The molecule has 0 fully saturated rings. The molecule has 2 rings (SSSR count). The molecule has 44 heavy (non-hydrogen) atoms. The van der Waals surface area contributed by atoms with Crippen molar-refractivity contribution in [1.29, 1.82) is 0 Å². The van der Waals surface area contributed by atoms with Gasteiger partial charge in [0.05, 0.1) is 19.1 Å². The maximum atomic E-state index is 11.8. The lowest BCUT2D eigenvalue weighted by molar-refractivity contribution is -0.384. The van der Waals surface area contributed by atoms with Crippen LogP contribution in [0.5, 0.6) is 0 Å². The Morgan fingerprint density at radius 1 is 0.727 bits per heavy atom. The number of amides is 2. The van der Waals surface area contributed by atoms with Crippen molar-refractivity contribution < 1.29 is 43.0 Å². The number of benzene rings is 2. The van der Waals surface area contributed by atoms with Crippen molar-refractivity contribution in [3.05, 3.63) is 69.8 Å². The molecule has 0 aliphatic rings. The van der Waals surface area contributed by atoms with Crippen molar-refractivity contribution in [3.63, 3.8) is 0 Å². The summed E-state index contributed by atoms with van der Waals surface area (Å²) in [6.07, 6.45) is -0.973. The Morgan fingerprint density at radius 3 is 1.36 bits per heavy atom. The normalized spacial score (nSPS) is 12.3. The lowest BCUT2D eigenvalue weighted by Crippen LogP contribution is -2.45. The highest BCUT2D eigenvalue weighted by Crippen LogP contribution is 2.15. The van der Waals surface area contributed by atoms with Crippen LogP contribution in [0, 0.1) is 10.1 Å². The minimum absolute atomic E-state index is 0.0523. The number of nitrogens with two attached hydrogens (primary N) is 1. The number of nitro groups is 1. The molecule has 0 saturated carbocycles. The van der Waals surface area contributed by atoms with Crippen LogP contribution in [-0.4, -0.2) is 66.6 Å². The molecule has 2 aromatic carbocycles. The monoisotopic (exact) mass is 618 g/mol. The minimum atomic E-state index is -0.948. The quantitative estimate of drug-likeness (QED) is 0.120. The lowest BCUT2D eigenvalue weighted by atomic mass is 10.1. The third kappa shape index (κ3) is 14.8. The molecule has 14 heteroatoms. The number of methoxy groups -OCH3 is 2. The van der Waals surface area contributed by atoms with Gasteiger partial charge in [0.1, 0.15) is 23.3 Å². The van der Waals surface area contributed by atoms with Gasteiger partial charge in [0.2, 0.25) is 0 Å². The first-order valence-corrected chi connectivity index (χ1v) is 13.6. The highest BCUT2D eigenvalue weighted by atomic mass is 16.6. The fraction of sp³-hybridized carbons (Fsp3) is 0.467. The predicted octanol–water partition coefficient (Wildman–Crippen LogP) is 4.08. The number of ether oxygens (including phenoxy) is 4. The molecule has 4 N–H and O–H groups in total. The number of rotatable bonds is 9. The lowest BCUT2D eigenvalue weighted by Gasteiger charge is -2.22. The molecule has 2 atom stereocenters. The summed E-state index contributed by atoms with van der Waals surface area (Å²) in [4.78, 5) is 57.2. The van der Waals surface area contributed by atoms with Crippen LogP contribution >= 0.6 is 0 Å². The fourth-order valence-corrected chi connectivity index (χ4v) is 3.45. The Kier molecular flexibility index (Phi) is 14.1. The molecule has 0 aromatic heterocycles. The van der Waals surface area contributed by atoms with Gasteiger partial charge in [0.15, 0.2) is 0 Å². The summed E-state index contributed by atoms with van der Waals surface area (Å²) in [6, 6.07) is 11.0. The Morgan fingerprint density at radius 2 is 1.07 bits per heavy atom. The maximum Gasteiger partial charge on any atom is 0.408 e. The molecular formula is C30H42N4O10. The van der Waals surface area contributed by atoms with Crippen molar-refractivity contribution >= 4 is 35.5 Å². The van der Waals surface area contributed by atoms with E-state index in [4.69, 9.17) is 19.9 Å². The Bertz CT molecular complexity index is 1270. The highest BCUT2D eigenvalue weighted by Gasteiger charge is 2.26. The fourth-order valence-electron chi connectivity index (χ4n) is 3.45. The number of esters is 2. The molecule has 0 aliphatic heterocycles. The third-order valence-corrected chi connectivity index (χ3v) is 5.36. The summed E-state index contributed by atoms with van der Waals surface area (Å²) in [5.41, 5.74) is 6.36. The molecule has 14 nitrogen and oxygen atoms in total. The molecule has 2 aromatic rings. The SMILES string of the molecule is COC(=O)C(Cc1ccc(N)cc1)NC(=O)OC(C)(C)C.COC(=O)C(Cc1ccc([N+](=O)[O-])cc1)NC(=O)OC(C)(C)C. The highest BCUT2D eigenvalue weighted by molar-refractivity contribution is 5.82. The van der Waals surface area contributed by atoms with Gasteiger partial charge in [-0.2, -0.15) is 0 Å². The molecule has 242 valence electrons. The second-order valence-electron chi connectivity index (χ2n) is 11.5. The van der Waals surface area contributed by atoms with Crippen molar-refractivity contribution in [2.75, 3.05) is 20.0 Å². The number of nitrogens with one attached hydrogen (secondary N) is 2. The van der Waals surface area contributed by atoms with E-state index in [1.807, 2.05) is 0 Å². The molecule has 0 heterocycles. The van der Waals surface area contributed by atoms with Gasteiger partial charge >= 0.3 is 24.1 Å². The molecule has 0 spiro atoms. The molecule has 0 saturated heterocycles. The average Bonchev–Trinajstić information content (AvgIpc) is 2.91. The number of nitrogens with zero attached hydrogens (tertiary/aromatic N) is 1. The average molecular weight is 619 g/mol. The Balaban J connectivity index is 0.000000442. The first-order chi connectivity index (χ1) is 20.3. The number of carbonyl (C=O) groups excluding carboxylic acids is 4. The van der Waals surface area contributed by atoms with E-state index in [9.17, 15) is 29.3 Å². The number of nitro benzene ring substituents is 1. The molecule has 2 unspecified atom stereocenters. The summed E-state index contributed by atoms with van der Waals surface area (Å²) in [5.74, 6) is -1.16. The maximum absolute atomic E-state index is 11.8. The number of alkyl carbamates (subject to hydrolysis) is 2. The molecule has 0 bridgehead atoms. The first kappa shape index (κ1) is 37.1. The third-order valence-electron chi connectivity index (χ3n) is 5.36. The van der Waals surface area contributed by atoms with E-state index < -0.39 is 52.3 Å². The van der Waals surface area contributed by atoms with Gasteiger partial charge in [0.25, 0.3) is 5.69 Å². The minimum Gasteiger partial charge on any atom is -0.467 e. The van der Waals surface area contributed by atoms with Gasteiger partial charge in [-0.15, -0.1) is 0 Å². The van der Waals surface area contributed by atoms with Crippen LogP contribution in [0.2, 0.25) is 0 Å². The second kappa shape index (κ2) is 16.7. The zero-order chi connectivity index (χ0) is 33.7. The number of carbonyl (C=O) groups is 4. The van der Waals surface area contributed by atoms with Crippen LogP contribution in [0.15, 0.2) is 48.5 Å². The van der Waals surface area contributed by atoms with E-state index in [1.54, 1.807) is 65.8 Å². The molecular weight excluding hydrogens is 576 g/mol. The van der Waals surface area contributed by atoms with Crippen molar-refractivity contribution in [2.45, 2.75) is 77.7 Å². The van der Waals surface area contributed by atoms with Crippen LogP contribution in [0.3, 0.4) is 0 Å². The van der Waals surface area contributed by atoms with Crippen molar-refractivity contribution in [1.82, 2.24) is 10.6 Å². The van der Waals surface area contributed by atoms with E-state index >= 15 is 0 Å². The summed E-state index contributed by atoms with van der Waals surface area (Å²) in [5, 5.41) is 15.6. The van der Waals surface area contributed by atoms with Crippen LogP contribution in [0.4, 0.5) is 21.0 Å². The molecule has 2 amide bonds. The zero-order valence-corrected chi connectivity index (χ0v) is 26.3. The van der Waals surface area contributed by atoms with Gasteiger partial charge < -0.3 is 35.3 Å².